The van der Waals surface area contributed by atoms with Crippen molar-refractivity contribution in [1.29, 1.82) is 0 Å². The first kappa shape index (κ1) is 10.9. The lowest BCUT2D eigenvalue weighted by molar-refractivity contribution is 0.441. The van der Waals surface area contributed by atoms with Crippen LogP contribution in [0.25, 0.3) is 0 Å². The topological polar surface area (TPSA) is 46.9 Å². The fourth-order valence-electron chi connectivity index (χ4n) is 1.31. The Kier molecular flexibility index (Phi) is 4.32. The number of rotatable bonds is 5. The second-order valence-corrected chi connectivity index (χ2v) is 3.48. The summed E-state index contributed by atoms with van der Waals surface area (Å²) in [6.45, 7) is 6.80. The van der Waals surface area contributed by atoms with E-state index in [2.05, 4.69) is 24.1 Å². The number of nitrogens with zero attached hydrogens (tertiary/aromatic N) is 2. The number of nitrogens with one attached hydrogen (secondary N) is 1. The molecule has 78 valence electrons. The van der Waals surface area contributed by atoms with E-state index in [1.807, 2.05) is 0 Å². The second kappa shape index (κ2) is 5.54. The molecule has 0 aliphatic carbocycles. The second-order valence-electron chi connectivity index (χ2n) is 3.48. The molecule has 0 bridgehead atoms. The Hall–Kier alpha value is -1.16. The molecule has 0 aliphatic rings. The summed E-state index contributed by atoms with van der Waals surface area (Å²) in [5, 5.41) is 3.25. The van der Waals surface area contributed by atoms with Crippen molar-refractivity contribution in [3.63, 3.8) is 0 Å². The molecule has 0 aliphatic heterocycles. The molecule has 0 saturated carbocycles. The minimum atomic E-state index is 0.0170. The van der Waals surface area contributed by atoms with Crippen LogP contribution in [0.2, 0.25) is 0 Å². The van der Waals surface area contributed by atoms with Crippen LogP contribution < -0.4 is 10.9 Å². The zero-order valence-electron chi connectivity index (χ0n) is 8.73. The van der Waals surface area contributed by atoms with Gasteiger partial charge in [-0.25, -0.2) is 4.98 Å². The standard InChI is InChI=1S/C10H17N3O/c1-3-11-6-9(2)7-13-8-12-5-4-10(13)14/h4-5,8-9,11H,3,6-7H2,1-2H3. The molecule has 1 rings (SSSR count). The molecule has 0 fully saturated rings. The average molecular weight is 195 g/mol. The van der Waals surface area contributed by atoms with Gasteiger partial charge >= 0.3 is 0 Å². The smallest absolute Gasteiger partial charge is 0.253 e. The molecule has 0 aromatic carbocycles. The first-order valence-electron chi connectivity index (χ1n) is 4.95. The third-order valence-electron chi connectivity index (χ3n) is 2.04. The van der Waals surface area contributed by atoms with Crippen LogP contribution in [0.3, 0.4) is 0 Å². The van der Waals surface area contributed by atoms with E-state index >= 15 is 0 Å². The summed E-state index contributed by atoms with van der Waals surface area (Å²) in [7, 11) is 0. The maximum atomic E-state index is 11.3. The molecule has 4 heteroatoms. The monoisotopic (exact) mass is 195 g/mol. The molecular formula is C10H17N3O. The summed E-state index contributed by atoms with van der Waals surface area (Å²) in [5.74, 6) is 0.442. The van der Waals surface area contributed by atoms with Gasteiger partial charge in [-0.2, -0.15) is 0 Å². The van der Waals surface area contributed by atoms with E-state index in [4.69, 9.17) is 0 Å². The van der Waals surface area contributed by atoms with Crippen LogP contribution in [0.15, 0.2) is 23.4 Å². The van der Waals surface area contributed by atoms with E-state index in [1.54, 1.807) is 10.9 Å². The van der Waals surface area contributed by atoms with Gasteiger partial charge in [0.15, 0.2) is 0 Å². The van der Waals surface area contributed by atoms with Crippen LogP contribution in [0.5, 0.6) is 0 Å². The highest BCUT2D eigenvalue weighted by Crippen LogP contribution is 1.95. The number of hydrogen-bond acceptors (Lipinski definition) is 3. The Labute approximate surface area is 84.0 Å². The first-order chi connectivity index (χ1) is 6.74. The molecule has 1 unspecified atom stereocenters. The van der Waals surface area contributed by atoms with E-state index < -0.39 is 0 Å². The van der Waals surface area contributed by atoms with Crippen molar-refractivity contribution in [2.75, 3.05) is 13.1 Å². The van der Waals surface area contributed by atoms with Gasteiger partial charge in [-0.15, -0.1) is 0 Å². The maximum Gasteiger partial charge on any atom is 0.253 e. The van der Waals surface area contributed by atoms with E-state index in [-0.39, 0.29) is 5.56 Å². The molecule has 14 heavy (non-hydrogen) atoms. The molecule has 0 spiro atoms. The summed E-state index contributed by atoms with van der Waals surface area (Å²) >= 11 is 0. The highest BCUT2D eigenvalue weighted by atomic mass is 16.1. The predicted octanol–water partition coefficient (Wildman–Crippen LogP) is 0.489. The van der Waals surface area contributed by atoms with Gasteiger partial charge < -0.3 is 5.32 Å². The summed E-state index contributed by atoms with van der Waals surface area (Å²) < 4.78 is 1.64. The van der Waals surface area contributed by atoms with Gasteiger partial charge in [0, 0.05) is 18.8 Å². The highest BCUT2D eigenvalue weighted by molar-refractivity contribution is 4.82. The summed E-state index contributed by atoms with van der Waals surface area (Å²) in [6, 6.07) is 1.49. The zero-order valence-corrected chi connectivity index (χ0v) is 8.73. The molecule has 0 amide bonds. The van der Waals surface area contributed by atoms with Gasteiger partial charge in [0.05, 0.1) is 6.33 Å². The van der Waals surface area contributed by atoms with Crippen LogP contribution in [0, 0.1) is 5.92 Å². The summed E-state index contributed by atoms with van der Waals surface area (Å²) in [6.07, 6.45) is 3.11. The normalized spacial score (nSPS) is 12.7. The van der Waals surface area contributed by atoms with Crippen molar-refractivity contribution in [1.82, 2.24) is 14.9 Å². The van der Waals surface area contributed by atoms with E-state index in [0.29, 0.717) is 5.92 Å². The fraction of sp³-hybridized carbons (Fsp3) is 0.600. The Balaban J connectivity index is 2.52. The van der Waals surface area contributed by atoms with Crippen molar-refractivity contribution >= 4 is 0 Å². The van der Waals surface area contributed by atoms with Crippen LogP contribution in [-0.2, 0) is 6.54 Å². The van der Waals surface area contributed by atoms with E-state index in [0.717, 1.165) is 19.6 Å². The lowest BCUT2D eigenvalue weighted by atomic mass is 10.2. The van der Waals surface area contributed by atoms with Gasteiger partial charge in [0.1, 0.15) is 0 Å². The minimum Gasteiger partial charge on any atom is -0.317 e. The largest absolute Gasteiger partial charge is 0.317 e. The third-order valence-corrected chi connectivity index (χ3v) is 2.04. The quantitative estimate of drug-likeness (QED) is 0.743. The van der Waals surface area contributed by atoms with Gasteiger partial charge in [-0.3, -0.25) is 9.36 Å². The van der Waals surface area contributed by atoms with Gasteiger partial charge in [-0.1, -0.05) is 13.8 Å². The van der Waals surface area contributed by atoms with Gasteiger partial charge in [0.2, 0.25) is 0 Å². The summed E-state index contributed by atoms with van der Waals surface area (Å²) in [4.78, 5) is 15.3. The van der Waals surface area contributed by atoms with Gasteiger partial charge in [0.25, 0.3) is 5.56 Å². The van der Waals surface area contributed by atoms with Crippen LogP contribution in [0.4, 0.5) is 0 Å². The molecule has 4 nitrogen and oxygen atoms in total. The Morgan fingerprint density at radius 3 is 3.07 bits per heavy atom. The molecular weight excluding hydrogens is 178 g/mol. The van der Waals surface area contributed by atoms with Crippen molar-refractivity contribution in [2.45, 2.75) is 20.4 Å². The highest BCUT2D eigenvalue weighted by Gasteiger charge is 2.02. The summed E-state index contributed by atoms with van der Waals surface area (Å²) in [5.41, 5.74) is 0.0170. The van der Waals surface area contributed by atoms with Crippen LogP contribution in [0.1, 0.15) is 13.8 Å². The van der Waals surface area contributed by atoms with Crippen molar-refractivity contribution in [2.24, 2.45) is 5.92 Å². The van der Waals surface area contributed by atoms with Crippen molar-refractivity contribution < 1.29 is 0 Å². The number of hydrogen-bond donors (Lipinski definition) is 1. The molecule has 1 aromatic heterocycles. The Bertz CT molecular complexity index is 321. The molecule has 1 atom stereocenters. The van der Waals surface area contributed by atoms with Crippen molar-refractivity contribution in [3.05, 3.63) is 28.9 Å². The molecule has 1 heterocycles. The Morgan fingerprint density at radius 2 is 2.43 bits per heavy atom. The maximum absolute atomic E-state index is 11.3. The fourth-order valence-corrected chi connectivity index (χ4v) is 1.31. The lowest BCUT2D eigenvalue weighted by Crippen LogP contribution is -2.28. The Morgan fingerprint density at radius 1 is 1.64 bits per heavy atom. The third kappa shape index (κ3) is 3.30. The average Bonchev–Trinajstić information content (AvgIpc) is 2.18. The minimum absolute atomic E-state index is 0.0170. The van der Waals surface area contributed by atoms with E-state index in [1.165, 1.54) is 12.3 Å². The number of aromatic nitrogens is 2. The zero-order chi connectivity index (χ0) is 10.4. The SMILES string of the molecule is CCNCC(C)Cn1cnccc1=O. The lowest BCUT2D eigenvalue weighted by Gasteiger charge is -2.12. The predicted molar refractivity (Wildman–Crippen MR) is 56.2 cm³/mol. The van der Waals surface area contributed by atoms with E-state index in [9.17, 15) is 4.79 Å². The molecule has 1 aromatic rings. The molecule has 0 radical (unpaired) electrons. The molecule has 0 saturated heterocycles. The van der Waals surface area contributed by atoms with Gasteiger partial charge in [-0.05, 0) is 19.0 Å². The molecule has 1 N–H and O–H groups in total. The van der Waals surface area contributed by atoms with Crippen LogP contribution in [-0.4, -0.2) is 22.6 Å². The first-order valence-corrected chi connectivity index (χ1v) is 4.95. The van der Waals surface area contributed by atoms with Crippen LogP contribution >= 0.6 is 0 Å². The van der Waals surface area contributed by atoms with Crippen molar-refractivity contribution in [3.8, 4) is 0 Å².